The molecular formula is C18H18F4N6O. The largest absolute Gasteiger partial charge is 0.405 e. The normalized spacial score (nSPS) is 21.3. The first-order valence-corrected chi connectivity index (χ1v) is 9.14. The number of alkyl halides is 4. The SMILES string of the molecule is O=C(NCC(F)(F)F)[C@H]1CCCN1c1ccnc(-c2c[nH]c3c2=CC(F)CN=3)n1. The van der Waals surface area contributed by atoms with Crippen LogP contribution in [-0.4, -0.2) is 58.9 Å². The number of anilines is 1. The molecule has 1 fully saturated rings. The van der Waals surface area contributed by atoms with Crippen LogP contribution in [0.15, 0.2) is 23.5 Å². The van der Waals surface area contributed by atoms with Crippen LogP contribution in [-0.2, 0) is 4.79 Å². The first-order valence-electron chi connectivity index (χ1n) is 9.14. The molecule has 1 amide bonds. The summed E-state index contributed by atoms with van der Waals surface area (Å²) < 4.78 is 50.9. The molecule has 0 bridgehead atoms. The number of aromatic amines is 1. The molecule has 2 aromatic rings. The molecule has 0 aromatic carbocycles. The van der Waals surface area contributed by atoms with Crippen molar-refractivity contribution in [3.05, 3.63) is 29.2 Å². The molecule has 2 aromatic heterocycles. The van der Waals surface area contributed by atoms with E-state index in [1.54, 1.807) is 17.2 Å². The minimum atomic E-state index is -4.47. The maximum absolute atomic E-state index is 13.7. The van der Waals surface area contributed by atoms with Gasteiger partial charge in [0.2, 0.25) is 5.91 Å². The number of amides is 1. The highest BCUT2D eigenvalue weighted by molar-refractivity contribution is 5.85. The van der Waals surface area contributed by atoms with Crippen molar-refractivity contribution in [3.63, 3.8) is 0 Å². The lowest BCUT2D eigenvalue weighted by atomic mass is 10.2. The lowest BCUT2D eigenvalue weighted by Gasteiger charge is -2.25. The van der Waals surface area contributed by atoms with Gasteiger partial charge in [0.15, 0.2) is 5.82 Å². The quantitative estimate of drug-likeness (QED) is 0.733. The highest BCUT2D eigenvalue weighted by Crippen LogP contribution is 2.25. The number of hydrogen-bond acceptors (Lipinski definition) is 5. The minimum absolute atomic E-state index is 0.0519. The van der Waals surface area contributed by atoms with Gasteiger partial charge < -0.3 is 15.2 Å². The maximum atomic E-state index is 13.7. The van der Waals surface area contributed by atoms with E-state index in [4.69, 9.17) is 0 Å². The van der Waals surface area contributed by atoms with Crippen molar-refractivity contribution < 1.29 is 22.4 Å². The maximum Gasteiger partial charge on any atom is 0.405 e. The Labute approximate surface area is 162 Å². The number of carbonyl (C=O) groups is 1. The molecule has 1 saturated heterocycles. The summed E-state index contributed by atoms with van der Waals surface area (Å²) in [6.45, 7) is -0.833. The van der Waals surface area contributed by atoms with Crippen LogP contribution < -0.4 is 20.9 Å². The van der Waals surface area contributed by atoms with E-state index in [2.05, 4.69) is 19.9 Å². The van der Waals surface area contributed by atoms with E-state index >= 15 is 0 Å². The van der Waals surface area contributed by atoms with Gasteiger partial charge in [-0.3, -0.25) is 9.79 Å². The average molecular weight is 410 g/mol. The van der Waals surface area contributed by atoms with Crippen molar-refractivity contribution in [2.24, 2.45) is 4.99 Å². The standard InChI is InChI=1S/C18H18F4N6O/c19-10-6-11-12(8-25-15(11)24-7-10)16-23-4-3-14(27-16)28-5-1-2-13(28)17(29)26-9-18(20,21)22/h3-4,6,8,10,13H,1-2,5,7,9H2,(H,24,25)(H,26,29)/t10?,13-/m1/s1. The van der Waals surface area contributed by atoms with Gasteiger partial charge in [0, 0.05) is 29.7 Å². The summed E-state index contributed by atoms with van der Waals surface area (Å²) in [6, 6.07) is 0.862. The van der Waals surface area contributed by atoms with E-state index in [0.29, 0.717) is 47.3 Å². The van der Waals surface area contributed by atoms with Gasteiger partial charge in [-0.05, 0) is 25.0 Å². The molecule has 2 N–H and O–H groups in total. The Hall–Kier alpha value is -2.98. The van der Waals surface area contributed by atoms with Crippen LogP contribution in [0.25, 0.3) is 17.5 Å². The summed E-state index contributed by atoms with van der Waals surface area (Å²) in [4.78, 5) is 29.7. The van der Waals surface area contributed by atoms with Crippen LogP contribution in [0.2, 0.25) is 0 Å². The van der Waals surface area contributed by atoms with Crippen LogP contribution in [0.1, 0.15) is 12.8 Å². The van der Waals surface area contributed by atoms with Gasteiger partial charge in [-0.25, -0.2) is 14.4 Å². The molecule has 0 saturated carbocycles. The lowest BCUT2D eigenvalue weighted by molar-refractivity contribution is -0.139. The van der Waals surface area contributed by atoms with E-state index in [-0.39, 0.29) is 6.54 Å². The molecule has 0 spiro atoms. The molecule has 4 rings (SSSR count). The molecule has 2 aliphatic heterocycles. The second-order valence-electron chi connectivity index (χ2n) is 6.91. The number of aromatic nitrogens is 3. The molecular weight excluding hydrogens is 392 g/mol. The highest BCUT2D eigenvalue weighted by atomic mass is 19.4. The number of H-pyrrole nitrogens is 1. The summed E-state index contributed by atoms with van der Waals surface area (Å²) in [7, 11) is 0. The van der Waals surface area contributed by atoms with E-state index in [0.717, 1.165) is 0 Å². The molecule has 7 nitrogen and oxygen atoms in total. The van der Waals surface area contributed by atoms with Gasteiger partial charge >= 0.3 is 6.18 Å². The molecule has 0 radical (unpaired) electrons. The van der Waals surface area contributed by atoms with Gasteiger partial charge in [0.05, 0.1) is 6.54 Å². The second kappa shape index (κ2) is 7.45. The number of fused-ring (bicyclic) bond motifs is 1. The van der Waals surface area contributed by atoms with Crippen molar-refractivity contribution >= 4 is 17.8 Å². The number of nitrogens with one attached hydrogen (secondary N) is 2. The summed E-state index contributed by atoms with van der Waals surface area (Å²) in [5.41, 5.74) is 1.12. The Morgan fingerprint density at radius 2 is 2.21 bits per heavy atom. The number of halogens is 4. The summed E-state index contributed by atoms with van der Waals surface area (Å²) in [5, 5.41) is 2.51. The topological polar surface area (TPSA) is 86.3 Å². The zero-order chi connectivity index (χ0) is 20.6. The second-order valence-corrected chi connectivity index (χ2v) is 6.91. The van der Waals surface area contributed by atoms with E-state index in [1.807, 2.05) is 5.32 Å². The summed E-state index contributed by atoms with van der Waals surface area (Å²) in [6.07, 6.45) is 0.0164. The number of rotatable bonds is 4. The van der Waals surface area contributed by atoms with Crippen LogP contribution in [0.3, 0.4) is 0 Å². The molecule has 4 heterocycles. The molecule has 29 heavy (non-hydrogen) atoms. The Morgan fingerprint density at radius 3 is 3.00 bits per heavy atom. The Bertz CT molecular complexity index is 1030. The highest BCUT2D eigenvalue weighted by Gasteiger charge is 2.35. The number of hydrogen-bond donors (Lipinski definition) is 2. The van der Waals surface area contributed by atoms with Crippen molar-refractivity contribution in [2.45, 2.75) is 31.2 Å². The zero-order valence-corrected chi connectivity index (χ0v) is 15.2. The summed E-state index contributed by atoms with van der Waals surface area (Å²) >= 11 is 0. The predicted molar refractivity (Wildman–Crippen MR) is 96.3 cm³/mol. The molecule has 2 atom stereocenters. The molecule has 2 aliphatic rings. The third-order valence-corrected chi connectivity index (χ3v) is 4.86. The number of carbonyl (C=O) groups excluding carboxylic acids is 1. The first-order chi connectivity index (χ1) is 13.8. The third-order valence-electron chi connectivity index (χ3n) is 4.86. The van der Waals surface area contributed by atoms with Gasteiger partial charge in [-0.15, -0.1) is 0 Å². The van der Waals surface area contributed by atoms with Gasteiger partial charge in [-0.2, -0.15) is 13.2 Å². The van der Waals surface area contributed by atoms with Crippen LogP contribution >= 0.6 is 0 Å². The average Bonchev–Trinajstić information content (AvgIpc) is 3.32. The van der Waals surface area contributed by atoms with E-state index in [1.165, 1.54) is 12.3 Å². The predicted octanol–water partition coefficient (Wildman–Crippen LogP) is 0.871. The van der Waals surface area contributed by atoms with Crippen molar-refractivity contribution in [2.75, 3.05) is 24.5 Å². The fraction of sp³-hybridized carbons (Fsp3) is 0.444. The molecule has 0 aliphatic carbocycles. The Kier molecular flexibility index (Phi) is 4.97. The summed E-state index contributed by atoms with van der Waals surface area (Å²) in [5.74, 6) is 0.0625. The van der Waals surface area contributed by atoms with Crippen molar-refractivity contribution in [1.82, 2.24) is 20.3 Å². The van der Waals surface area contributed by atoms with E-state index in [9.17, 15) is 22.4 Å². The fourth-order valence-corrected chi connectivity index (χ4v) is 3.58. The smallest absolute Gasteiger partial charge is 0.346 e. The fourth-order valence-electron chi connectivity index (χ4n) is 3.58. The first kappa shape index (κ1) is 19.3. The van der Waals surface area contributed by atoms with Crippen LogP contribution in [0, 0.1) is 0 Å². The van der Waals surface area contributed by atoms with Crippen LogP contribution in [0.4, 0.5) is 23.4 Å². The molecule has 1 unspecified atom stereocenters. The van der Waals surface area contributed by atoms with Gasteiger partial charge in [-0.1, -0.05) is 0 Å². The Morgan fingerprint density at radius 1 is 1.38 bits per heavy atom. The lowest BCUT2D eigenvalue weighted by Crippen LogP contribution is -2.46. The molecule has 11 heteroatoms. The number of nitrogens with zero attached hydrogens (tertiary/aromatic N) is 4. The van der Waals surface area contributed by atoms with Crippen molar-refractivity contribution in [3.8, 4) is 11.4 Å². The zero-order valence-electron chi connectivity index (χ0n) is 15.2. The van der Waals surface area contributed by atoms with Crippen molar-refractivity contribution in [1.29, 1.82) is 0 Å². The molecule has 154 valence electrons. The Balaban J connectivity index is 1.60. The minimum Gasteiger partial charge on any atom is -0.346 e. The van der Waals surface area contributed by atoms with Gasteiger partial charge in [0.1, 0.15) is 30.1 Å². The third kappa shape index (κ3) is 4.08. The monoisotopic (exact) mass is 410 g/mol. The van der Waals surface area contributed by atoms with Gasteiger partial charge in [0.25, 0.3) is 0 Å². The van der Waals surface area contributed by atoms with E-state index < -0.39 is 30.8 Å². The van der Waals surface area contributed by atoms with Crippen LogP contribution in [0.5, 0.6) is 0 Å².